The van der Waals surface area contributed by atoms with Crippen molar-refractivity contribution in [2.24, 2.45) is 17.8 Å². The van der Waals surface area contributed by atoms with Crippen molar-refractivity contribution in [1.29, 1.82) is 0 Å². The number of rotatable bonds is 7. The van der Waals surface area contributed by atoms with E-state index >= 15 is 0 Å². The highest BCUT2D eigenvalue weighted by atomic mass is 79.9. The highest BCUT2D eigenvalue weighted by molar-refractivity contribution is 9.10. The molecule has 4 aliphatic carbocycles. The second-order valence-corrected chi connectivity index (χ2v) is 12.7. The van der Waals surface area contributed by atoms with Gasteiger partial charge in [-0.2, -0.15) is 0 Å². The summed E-state index contributed by atoms with van der Waals surface area (Å²) >= 11 is 3.65. The van der Waals surface area contributed by atoms with E-state index in [1.807, 2.05) is 32.0 Å². The van der Waals surface area contributed by atoms with Gasteiger partial charge in [0.2, 0.25) is 0 Å². The Balaban J connectivity index is 1.43. The van der Waals surface area contributed by atoms with Crippen molar-refractivity contribution < 1.29 is 14.3 Å². The fraction of sp³-hybridized carbons (Fsp3) is 0.516. The van der Waals surface area contributed by atoms with Gasteiger partial charge in [-0.15, -0.1) is 0 Å². The number of nitrogens with one attached hydrogen (secondary N) is 1. The first-order valence-electron chi connectivity index (χ1n) is 14.3. The Labute approximate surface area is 243 Å². The average molecular weight is 610 g/mol. The number of halogens is 1. The number of carbonyl (C=O) groups is 1. The standard InChI is InChI=1S/C31H37BrN4O4/c1-5-35(30(38)34-31-15-19-10-20(16-31)12-21(11-19)17-31)18(2)28-33-24-9-7-6-8-23(24)29(37)36(28)25-13-22(39-3)14-26(40-4)27(25)32/h6-9,13-14,18-21H,5,10-12,15-17H2,1-4H3,(H,34,38). The molecule has 1 unspecified atom stereocenters. The van der Waals surface area contributed by atoms with Crippen molar-refractivity contribution in [1.82, 2.24) is 19.8 Å². The van der Waals surface area contributed by atoms with Gasteiger partial charge < -0.3 is 19.7 Å². The minimum absolute atomic E-state index is 0.0896. The maximum absolute atomic E-state index is 14.1. The number of carbonyl (C=O) groups excluding carboxylic acids is 1. The lowest BCUT2D eigenvalue weighted by Gasteiger charge is -2.57. The van der Waals surface area contributed by atoms with Gasteiger partial charge in [0.1, 0.15) is 17.3 Å². The number of hydrogen-bond donors (Lipinski definition) is 1. The molecular formula is C31H37BrN4O4. The molecule has 0 spiro atoms. The van der Waals surface area contributed by atoms with Gasteiger partial charge in [-0.1, -0.05) is 12.1 Å². The van der Waals surface area contributed by atoms with E-state index in [-0.39, 0.29) is 17.1 Å². The predicted octanol–water partition coefficient (Wildman–Crippen LogP) is 6.23. The number of aromatic nitrogens is 2. The summed E-state index contributed by atoms with van der Waals surface area (Å²) < 4.78 is 13.3. The summed E-state index contributed by atoms with van der Waals surface area (Å²) in [6.45, 7) is 4.40. The normalized spacial score (nSPS) is 25.6. The van der Waals surface area contributed by atoms with Crippen LogP contribution in [0.15, 0.2) is 45.7 Å². The summed E-state index contributed by atoms with van der Waals surface area (Å²) in [7, 11) is 3.15. The Kier molecular flexibility index (Phi) is 7.05. The van der Waals surface area contributed by atoms with Gasteiger partial charge in [0.05, 0.1) is 41.3 Å². The monoisotopic (exact) mass is 608 g/mol. The van der Waals surface area contributed by atoms with Crippen LogP contribution in [0.1, 0.15) is 64.2 Å². The number of nitrogens with zero attached hydrogens (tertiary/aromatic N) is 3. The molecule has 2 aromatic carbocycles. The molecule has 4 saturated carbocycles. The molecule has 1 N–H and O–H groups in total. The third kappa shape index (κ3) is 4.56. The van der Waals surface area contributed by atoms with E-state index in [2.05, 4.69) is 21.2 Å². The zero-order valence-electron chi connectivity index (χ0n) is 23.6. The van der Waals surface area contributed by atoms with E-state index < -0.39 is 6.04 Å². The number of para-hydroxylation sites is 1. The molecule has 2 amide bonds. The summed E-state index contributed by atoms with van der Waals surface area (Å²) in [6.07, 6.45) is 7.17. The summed E-state index contributed by atoms with van der Waals surface area (Å²) in [6, 6.07) is 10.3. The van der Waals surface area contributed by atoms with Crippen molar-refractivity contribution in [2.75, 3.05) is 20.8 Å². The molecule has 8 nitrogen and oxygen atoms in total. The van der Waals surface area contributed by atoms with E-state index in [0.717, 1.165) is 37.0 Å². The van der Waals surface area contributed by atoms with Crippen LogP contribution in [-0.4, -0.2) is 46.8 Å². The van der Waals surface area contributed by atoms with Crippen LogP contribution in [0.3, 0.4) is 0 Å². The van der Waals surface area contributed by atoms with Crippen LogP contribution in [0.4, 0.5) is 4.79 Å². The first-order valence-corrected chi connectivity index (χ1v) is 15.1. The molecule has 4 aliphatic rings. The fourth-order valence-corrected chi connectivity index (χ4v) is 8.51. The summed E-state index contributed by atoms with van der Waals surface area (Å²) in [5, 5.41) is 4.00. The summed E-state index contributed by atoms with van der Waals surface area (Å²) in [5.74, 6) is 3.73. The van der Waals surface area contributed by atoms with Gasteiger partial charge >= 0.3 is 6.03 Å². The molecule has 1 heterocycles. The Morgan fingerprint density at radius 1 is 1.12 bits per heavy atom. The lowest BCUT2D eigenvalue weighted by molar-refractivity contribution is -0.0163. The molecule has 9 heteroatoms. The number of ether oxygens (including phenoxy) is 2. The maximum Gasteiger partial charge on any atom is 0.318 e. The van der Waals surface area contributed by atoms with Crippen LogP contribution >= 0.6 is 15.9 Å². The second-order valence-electron chi connectivity index (χ2n) is 11.9. The maximum atomic E-state index is 14.1. The molecule has 0 radical (unpaired) electrons. The molecule has 3 aromatic rings. The molecule has 4 bridgehead atoms. The minimum Gasteiger partial charge on any atom is -0.497 e. The molecule has 212 valence electrons. The smallest absolute Gasteiger partial charge is 0.318 e. The third-order valence-electron chi connectivity index (χ3n) is 9.34. The summed E-state index contributed by atoms with van der Waals surface area (Å²) in [5.41, 5.74) is 0.799. The predicted molar refractivity (Wildman–Crippen MR) is 158 cm³/mol. The quantitative estimate of drug-likeness (QED) is 0.344. The van der Waals surface area contributed by atoms with E-state index in [0.29, 0.717) is 44.9 Å². The van der Waals surface area contributed by atoms with E-state index in [1.54, 1.807) is 41.9 Å². The first kappa shape index (κ1) is 27.1. The van der Waals surface area contributed by atoms with Crippen LogP contribution in [0.5, 0.6) is 11.5 Å². The van der Waals surface area contributed by atoms with Gasteiger partial charge in [-0.25, -0.2) is 9.78 Å². The van der Waals surface area contributed by atoms with Crippen molar-refractivity contribution in [3.8, 4) is 17.2 Å². The van der Waals surface area contributed by atoms with Gasteiger partial charge in [-0.3, -0.25) is 9.36 Å². The second kappa shape index (κ2) is 10.4. The van der Waals surface area contributed by atoms with Gasteiger partial charge in [-0.05, 0) is 98.2 Å². The SMILES string of the molecule is CCN(C(=O)NC12CC3CC(CC(C3)C1)C2)C(C)c1nc2ccccc2c(=O)n1-c1cc(OC)cc(OC)c1Br. The molecule has 7 rings (SSSR count). The molecule has 1 aromatic heterocycles. The third-order valence-corrected chi connectivity index (χ3v) is 10.1. The van der Waals surface area contributed by atoms with Crippen molar-refractivity contribution in [3.63, 3.8) is 0 Å². The Bertz CT molecular complexity index is 1480. The lowest BCUT2D eigenvalue weighted by Crippen LogP contribution is -2.62. The van der Waals surface area contributed by atoms with E-state index in [1.165, 1.54) is 19.3 Å². The van der Waals surface area contributed by atoms with Gasteiger partial charge in [0, 0.05) is 24.2 Å². The van der Waals surface area contributed by atoms with Gasteiger partial charge in [0.25, 0.3) is 5.56 Å². The van der Waals surface area contributed by atoms with Crippen LogP contribution in [0.2, 0.25) is 0 Å². The lowest BCUT2D eigenvalue weighted by atomic mass is 9.53. The molecule has 4 fully saturated rings. The number of urea groups is 1. The fourth-order valence-electron chi connectivity index (χ4n) is 7.95. The topological polar surface area (TPSA) is 85.7 Å². The zero-order chi connectivity index (χ0) is 28.2. The zero-order valence-corrected chi connectivity index (χ0v) is 25.2. The average Bonchev–Trinajstić information content (AvgIpc) is 2.92. The van der Waals surface area contributed by atoms with E-state index in [4.69, 9.17) is 14.5 Å². The van der Waals surface area contributed by atoms with Crippen molar-refractivity contribution in [2.45, 2.75) is 64.0 Å². The van der Waals surface area contributed by atoms with Crippen LogP contribution in [0.25, 0.3) is 16.6 Å². The summed E-state index contributed by atoms with van der Waals surface area (Å²) in [4.78, 5) is 34.9. The van der Waals surface area contributed by atoms with Crippen molar-refractivity contribution >= 4 is 32.9 Å². The molecule has 0 aliphatic heterocycles. The van der Waals surface area contributed by atoms with Crippen LogP contribution < -0.4 is 20.3 Å². The van der Waals surface area contributed by atoms with E-state index in [9.17, 15) is 9.59 Å². The highest BCUT2D eigenvalue weighted by Crippen LogP contribution is 2.55. The molecule has 0 saturated heterocycles. The Hall–Kier alpha value is -3.07. The van der Waals surface area contributed by atoms with Crippen LogP contribution in [-0.2, 0) is 0 Å². The number of fused-ring (bicyclic) bond motifs is 1. The highest BCUT2D eigenvalue weighted by Gasteiger charge is 2.52. The number of hydrogen-bond acceptors (Lipinski definition) is 5. The molecular weight excluding hydrogens is 572 g/mol. The number of benzene rings is 2. The van der Waals surface area contributed by atoms with Crippen LogP contribution in [0, 0.1) is 17.8 Å². The molecule has 1 atom stereocenters. The van der Waals surface area contributed by atoms with Gasteiger partial charge in [0.15, 0.2) is 0 Å². The number of amides is 2. The Morgan fingerprint density at radius 2 is 1.77 bits per heavy atom. The molecule has 40 heavy (non-hydrogen) atoms. The van der Waals surface area contributed by atoms with Crippen molar-refractivity contribution in [3.05, 3.63) is 57.0 Å². The largest absolute Gasteiger partial charge is 0.497 e. The number of methoxy groups -OCH3 is 2. The minimum atomic E-state index is -0.486. The Morgan fingerprint density at radius 3 is 2.38 bits per heavy atom. The first-order chi connectivity index (χ1) is 19.3.